The zero-order valence-corrected chi connectivity index (χ0v) is 13.5. The van der Waals surface area contributed by atoms with Gasteiger partial charge in [0.05, 0.1) is 6.26 Å². The second-order valence-corrected chi connectivity index (χ2v) is 8.81. The molecule has 2 heterocycles. The summed E-state index contributed by atoms with van der Waals surface area (Å²) in [4.78, 5) is -0.0143. The van der Waals surface area contributed by atoms with Crippen molar-refractivity contribution in [2.75, 3.05) is 25.1 Å². The molecular weight excluding hydrogens is 318 g/mol. The van der Waals surface area contributed by atoms with Crippen LogP contribution in [0.1, 0.15) is 12.8 Å². The quantitative estimate of drug-likeness (QED) is 0.703. The standard InChI is InChI=1S/C10H19N5O4S2/c1-14-7-9(10(11)12-14)21(18,19)15-5-3-8(4-6-15)13-20(2,16)17/h7-8,13H,3-6H2,1-2H3,(H2,11,12). The van der Waals surface area contributed by atoms with Gasteiger partial charge in [-0.15, -0.1) is 0 Å². The summed E-state index contributed by atoms with van der Waals surface area (Å²) >= 11 is 0. The molecule has 3 N–H and O–H groups in total. The van der Waals surface area contributed by atoms with Crippen molar-refractivity contribution in [2.24, 2.45) is 7.05 Å². The molecule has 0 amide bonds. The fourth-order valence-corrected chi connectivity index (χ4v) is 4.74. The van der Waals surface area contributed by atoms with E-state index in [1.807, 2.05) is 0 Å². The second-order valence-electron chi connectivity index (χ2n) is 5.12. The number of rotatable bonds is 4. The van der Waals surface area contributed by atoms with Crippen LogP contribution in [0.15, 0.2) is 11.1 Å². The Morgan fingerprint density at radius 2 is 1.86 bits per heavy atom. The van der Waals surface area contributed by atoms with Gasteiger partial charge in [0.15, 0.2) is 5.82 Å². The lowest BCUT2D eigenvalue weighted by molar-refractivity contribution is 0.309. The van der Waals surface area contributed by atoms with Crippen molar-refractivity contribution >= 4 is 25.9 Å². The van der Waals surface area contributed by atoms with Crippen molar-refractivity contribution in [1.29, 1.82) is 0 Å². The number of nitrogens with zero attached hydrogens (tertiary/aromatic N) is 3. The molecule has 1 aromatic rings. The minimum atomic E-state index is -3.69. The predicted octanol–water partition coefficient (Wildman–Crippen LogP) is -1.30. The molecule has 1 aliphatic heterocycles. The molecule has 1 fully saturated rings. The molecule has 1 saturated heterocycles. The fourth-order valence-electron chi connectivity index (χ4n) is 2.34. The Morgan fingerprint density at radius 1 is 1.29 bits per heavy atom. The number of nitrogen functional groups attached to an aromatic ring is 1. The Labute approximate surface area is 124 Å². The number of aromatic nitrogens is 2. The van der Waals surface area contributed by atoms with E-state index in [-0.39, 0.29) is 29.8 Å². The highest BCUT2D eigenvalue weighted by Gasteiger charge is 2.32. The van der Waals surface area contributed by atoms with E-state index in [1.54, 1.807) is 7.05 Å². The normalized spacial score (nSPS) is 19.0. The number of aryl methyl sites for hydroxylation is 1. The molecule has 9 nitrogen and oxygen atoms in total. The lowest BCUT2D eigenvalue weighted by Crippen LogP contribution is -2.46. The first-order valence-corrected chi connectivity index (χ1v) is 9.69. The highest BCUT2D eigenvalue weighted by Crippen LogP contribution is 2.24. The number of nitrogens with two attached hydrogens (primary N) is 1. The monoisotopic (exact) mass is 337 g/mol. The molecule has 21 heavy (non-hydrogen) atoms. The first-order chi connectivity index (χ1) is 9.59. The molecule has 0 unspecified atom stereocenters. The van der Waals surface area contributed by atoms with Crippen LogP contribution in [0.25, 0.3) is 0 Å². The molecule has 11 heteroatoms. The lowest BCUT2D eigenvalue weighted by Gasteiger charge is -2.30. The molecule has 0 spiro atoms. The van der Waals surface area contributed by atoms with Gasteiger partial charge in [-0.05, 0) is 12.8 Å². The maximum atomic E-state index is 12.5. The van der Waals surface area contributed by atoms with E-state index in [9.17, 15) is 16.8 Å². The molecule has 0 radical (unpaired) electrons. The molecule has 0 atom stereocenters. The van der Waals surface area contributed by atoms with E-state index in [0.29, 0.717) is 12.8 Å². The number of nitrogens with one attached hydrogen (secondary N) is 1. The predicted molar refractivity (Wildman–Crippen MR) is 77.4 cm³/mol. The first kappa shape index (κ1) is 16.2. The number of anilines is 1. The van der Waals surface area contributed by atoms with Gasteiger partial charge in [0, 0.05) is 32.4 Å². The largest absolute Gasteiger partial charge is 0.381 e. The number of hydrogen-bond acceptors (Lipinski definition) is 6. The van der Waals surface area contributed by atoms with Crippen LogP contribution in [0.3, 0.4) is 0 Å². The fraction of sp³-hybridized carbons (Fsp3) is 0.700. The van der Waals surface area contributed by atoms with Crippen molar-refractivity contribution in [3.8, 4) is 0 Å². The summed E-state index contributed by atoms with van der Waals surface area (Å²) in [5.74, 6) is -0.0334. The maximum absolute atomic E-state index is 12.5. The molecule has 120 valence electrons. The SMILES string of the molecule is Cn1cc(S(=O)(=O)N2CCC(NS(C)(=O)=O)CC2)c(N)n1. The number of sulfonamides is 2. The Kier molecular flexibility index (Phi) is 4.29. The van der Waals surface area contributed by atoms with Crippen LogP contribution < -0.4 is 10.5 Å². The molecule has 0 aromatic carbocycles. The molecule has 0 bridgehead atoms. The summed E-state index contributed by atoms with van der Waals surface area (Å²) < 4.78 is 52.4. The van der Waals surface area contributed by atoms with Crippen LogP contribution in [0.5, 0.6) is 0 Å². The summed E-state index contributed by atoms with van der Waals surface area (Å²) in [5, 5.41) is 3.83. The third-order valence-electron chi connectivity index (χ3n) is 3.27. The topological polar surface area (TPSA) is 127 Å². The first-order valence-electron chi connectivity index (χ1n) is 6.36. The van der Waals surface area contributed by atoms with Gasteiger partial charge in [0.2, 0.25) is 20.0 Å². The van der Waals surface area contributed by atoms with E-state index in [2.05, 4.69) is 9.82 Å². The van der Waals surface area contributed by atoms with Gasteiger partial charge in [-0.3, -0.25) is 4.68 Å². The minimum Gasteiger partial charge on any atom is -0.381 e. The number of hydrogen-bond donors (Lipinski definition) is 2. The highest BCUT2D eigenvalue weighted by atomic mass is 32.2. The summed E-state index contributed by atoms with van der Waals surface area (Å²) in [5.41, 5.74) is 5.62. The zero-order chi connectivity index (χ0) is 15.8. The van der Waals surface area contributed by atoms with Gasteiger partial charge in [0.25, 0.3) is 0 Å². The van der Waals surface area contributed by atoms with Gasteiger partial charge in [-0.2, -0.15) is 9.40 Å². The van der Waals surface area contributed by atoms with E-state index in [4.69, 9.17) is 5.73 Å². The van der Waals surface area contributed by atoms with Crippen LogP contribution in [0.4, 0.5) is 5.82 Å². The molecule has 0 aliphatic carbocycles. The molecule has 1 aromatic heterocycles. The van der Waals surface area contributed by atoms with Gasteiger partial charge < -0.3 is 5.73 Å². The van der Waals surface area contributed by atoms with E-state index < -0.39 is 20.0 Å². The van der Waals surface area contributed by atoms with Crippen LogP contribution in [-0.4, -0.2) is 56.3 Å². The third-order valence-corrected chi connectivity index (χ3v) is 5.95. The lowest BCUT2D eigenvalue weighted by atomic mass is 10.1. The molecule has 1 aliphatic rings. The van der Waals surface area contributed by atoms with Crippen molar-refractivity contribution in [1.82, 2.24) is 18.8 Å². The van der Waals surface area contributed by atoms with Crippen molar-refractivity contribution in [2.45, 2.75) is 23.8 Å². The summed E-state index contributed by atoms with van der Waals surface area (Å²) in [6.45, 7) is 0.480. The van der Waals surface area contributed by atoms with Crippen molar-refractivity contribution < 1.29 is 16.8 Å². The van der Waals surface area contributed by atoms with Gasteiger partial charge in [-0.25, -0.2) is 21.6 Å². The Hall–Kier alpha value is -1.17. The van der Waals surface area contributed by atoms with E-state index >= 15 is 0 Å². The van der Waals surface area contributed by atoms with Crippen molar-refractivity contribution in [3.63, 3.8) is 0 Å². The Morgan fingerprint density at radius 3 is 2.29 bits per heavy atom. The maximum Gasteiger partial charge on any atom is 0.248 e. The van der Waals surface area contributed by atoms with Crippen LogP contribution in [0, 0.1) is 0 Å². The smallest absolute Gasteiger partial charge is 0.248 e. The summed E-state index contributed by atoms with van der Waals surface area (Å²) in [6, 6.07) is -0.238. The van der Waals surface area contributed by atoms with Crippen molar-refractivity contribution in [3.05, 3.63) is 6.20 Å². The Balaban J connectivity index is 2.10. The average Bonchev–Trinajstić information content (AvgIpc) is 2.68. The van der Waals surface area contributed by atoms with Gasteiger partial charge in [-0.1, -0.05) is 0 Å². The number of piperidine rings is 1. The molecular formula is C10H19N5O4S2. The van der Waals surface area contributed by atoms with Crippen LogP contribution in [-0.2, 0) is 27.1 Å². The third kappa shape index (κ3) is 3.73. The second kappa shape index (κ2) is 5.55. The zero-order valence-electron chi connectivity index (χ0n) is 11.9. The van der Waals surface area contributed by atoms with Gasteiger partial charge in [0.1, 0.15) is 4.90 Å². The van der Waals surface area contributed by atoms with Crippen LogP contribution >= 0.6 is 0 Å². The molecule has 2 rings (SSSR count). The average molecular weight is 337 g/mol. The van der Waals surface area contributed by atoms with Crippen LogP contribution in [0.2, 0.25) is 0 Å². The summed E-state index contributed by atoms with van der Waals surface area (Å²) in [6.07, 6.45) is 3.30. The van der Waals surface area contributed by atoms with E-state index in [1.165, 1.54) is 15.2 Å². The van der Waals surface area contributed by atoms with E-state index in [0.717, 1.165) is 6.26 Å². The highest BCUT2D eigenvalue weighted by molar-refractivity contribution is 7.89. The Bertz CT molecular complexity index is 717. The molecule has 0 saturated carbocycles. The summed E-state index contributed by atoms with van der Waals surface area (Å²) in [7, 11) is -5.38. The minimum absolute atomic E-state index is 0.0143. The van der Waals surface area contributed by atoms with Gasteiger partial charge >= 0.3 is 0 Å².